The Labute approximate surface area is 133 Å². The molecule has 2 rings (SSSR count). The lowest BCUT2D eigenvalue weighted by atomic mass is 10.0. The lowest BCUT2D eigenvalue weighted by molar-refractivity contribution is 0.231. The van der Waals surface area contributed by atoms with Gasteiger partial charge in [-0.15, -0.1) is 0 Å². The Hall–Kier alpha value is -2.04. The summed E-state index contributed by atoms with van der Waals surface area (Å²) in [6, 6.07) is 13.6. The van der Waals surface area contributed by atoms with Crippen LogP contribution in [0.2, 0.25) is 0 Å². The maximum atomic E-state index is 9.29. The van der Waals surface area contributed by atoms with Crippen LogP contribution in [0.4, 0.5) is 5.69 Å². The Morgan fingerprint density at radius 2 is 2.18 bits per heavy atom. The minimum atomic E-state index is -0.0442. The van der Waals surface area contributed by atoms with Crippen molar-refractivity contribution in [1.82, 2.24) is 4.90 Å². The van der Waals surface area contributed by atoms with Gasteiger partial charge in [-0.25, -0.2) is 0 Å². The molecule has 0 radical (unpaired) electrons. The smallest absolute Gasteiger partial charge is 0.0669 e. The minimum Gasteiger partial charge on any atom is -0.378 e. The number of nitriles is 2. The average Bonchev–Trinajstić information content (AvgIpc) is 2.99. The maximum absolute atomic E-state index is 9.29. The van der Waals surface area contributed by atoms with Gasteiger partial charge in [0.05, 0.1) is 18.1 Å². The van der Waals surface area contributed by atoms with Gasteiger partial charge in [-0.2, -0.15) is 10.5 Å². The monoisotopic (exact) mass is 296 g/mol. The average molecular weight is 296 g/mol. The van der Waals surface area contributed by atoms with E-state index in [0.29, 0.717) is 18.9 Å². The fourth-order valence-corrected chi connectivity index (χ4v) is 3.15. The van der Waals surface area contributed by atoms with E-state index in [4.69, 9.17) is 5.26 Å². The zero-order valence-electron chi connectivity index (χ0n) is 13.5. The van der Waals surface area contributed by atoms with Crippen LogP contribution in [0.25, 0.3) is 0 Å². The van der Waals surface area contributed by atoms with E-state index >= 15 is 0 Å². The molecule has 0 N–H and O–H groups in total. The third kappa shape index (κ3) is 4.00. The van der Waals surface area contributed by atoms with Crippen molar-refractivity contribution < 1.29 is 0 Å². The Morgan fingerprint density at radius 3 is 2.86 bits per heavy atom. The van der Waals surface area contributed by atoms with E-state index in [-0.39, 0.29) is 5.92 Å². The van der Waals surface area contributed by atoms with Gasteiger partial charge in [-0.05, 0) is 43.5 Å². The molecule has 0 spiro atoms. The van der Waals surface area contributed by atoms with Crippen LogP contribution in [0, 0.1) is 28.6 Å². The summed E-state index contributed by atoms with van der Waals surface area (Å²) in [6.45, 7) is 1.82. The third-order valence-electron chi connectivity index (χ3n) is 4.38. The second kappa shape index (κ2) is 7.82. The van der Waals surface area contributed by atoms with Gasteiger partial charge in [0.1, 0.15) is 0 Å². The molecule has 2 atom stereocenters. The quantitative estimate of drug-likeness (QED) is 0.808. The molecule has 1 heterocycles. The fraction of sp³-hybridized carbons (Fsp3) is 0.556. The zero-order chi connectivity index (χ0) is 15.9. The Kier molecular flexibility index (Phi) is 5.81. The second-order valence-electron chi connectivity index (χ2n) is 6.17. The molecule has 0 saturated carbocycles. The maximum Gasteiger partial charge on any atom is 0.0669 e. The van der Waals surface area contributed by atoms with Crippen molar-refractivity contribution in [2.45, 2.75) is 31.7 Å². The molecule has 1 aliphatic heterocycles. The molecular formula is C18H24N4. The van der Waals surface area contributed by atoms with Gasteiger partial charge < -0.3 is 4.90 Å². The first-order valence-corrected chi connectivity index (χ1v) is 7.93. The summed E-state index contributed by atoms with van der Waals surface area (Å²) < 4.78 is 0. The highest BCUT2D eigenvalue weighted by Crippen LogP contribution is 2.34. The number of likely N-dealkylation sites (tertiary alicyclic amines) is 1. The highest BCUT2D eigenvalue weighted by Gasteiger charge is 2.28. The minimum absolute atomic E-state index is 0.0442. The molecule has 2 unspecified atom stereocenters. The van der Waals surface area contributed by atoms with Gasteiger partial charge in [0.2, 0.25) is 0 Å². The third-order valence-corrected chi connectivity index (χ3v) is 4.38. The van der Waals surface area contributed by atoms with E-state index in [1.54, 1.807) is 0 Å². The van der Waals surface area contributed by atoms with Crippen LogP contribution in [0.1, 0.15) is 37.3 Å². The summed E-state index contributed by atoms with van der Waals surface area (Å²) >= 11 is 0. The first-order chi connectivity index (χ1) is 10.7. The van der Waals surface area contributed by atoms with Gasteiger partial charge in [0.25, 0.3) is 0 Å². The molecule has 4 heteroatoms. The number of anilines is 1. The first kappa shape index (κ1) is 16.3. The van der Waals surface area contributed by atoms with Crippen LogP contribution >= 0.6 is 0 Å². The standard InChI is InChI=1S/C18H24N4/c1-21(2)17-8-3-7-16(12-17)18-9-5-11-22(18)14-15(13-20)6-4-10-19/h3,7-8,12,15,18H,4-6,9,11,14H2,1-2H3. The van der Waals surface area contributed by atoms with E-state index < -0.39 is 0 Å². The van der Waals surface area contributed by atoms with Crippen LogP contribution in [0.3, 0.4) is 0 Å². The van der Waals surface area contributed by atoms with Gasteiger partial charge in [0, 0.05) is 38.8 Å². The molecule has 0 aromatic heterocycles. The highest BCUT2D eigenvalue weighted by molar-refractivity contribution is 5.48. The predicted molar refractivity (Wildman–Crippen MR) is 88.3 cm³/mol. The van der Waals surface area contributed by atoms with Crippen molar-refractivity contribution in [2.75, 3.05) is 32.1 Å². The summed E-state index contributed by atoms with van der Waals surface area (Å²) in [6.07, 6.45) is 3.46. The molecule has 0 amide bonds. The van der Waals surface area contributed by atoms with Gasteiger partial charge in [-0.3, -0.25) is 4.90 Å². The van der Waals surface area contributed by atoms with E-state index in [9.17, 15) is 5.26 Å². The van der Waals surface area contributed by atoms with Gasteiger partial charge in [0.15, 0.2) is 0 Å². The molecule has 1 saturated heterocycles. The van der Waals surface area contributed by atoms with Crippen molar-refractivity contribution >= 4 is 5.69 Å². The first-order valence-electron chi connectivity index (χ1n) is 7.93. The number of hydrogen-bond acceptors (Lipinski definition) is 4. The summed E-state index contributed by atoms with van der Waals surface area (Å²) in [5.41, 5.74) is 2.55. The Bertz CT molecular complexity index is 567. The molecule has 0 bridgehead atoms. The van der Waals surface area contributed by atoms with Crippen LogP contribution in [0.15, 0.2) is 24.3 Å². The summed E-state index contributed by atoms with van der Waals surface area (Å²) in [4.78, 5) is 4.54. The lowest BCUT2D eigenvalue weighted by Gasteiger charge is -2.27. The number of hydrogen-bond donors (Lipinski definition) is 0. The van der Waals surface area contributed by atoms with Crippen LogP contribution in [0.5, 0.6) is 0 Å². The molecule has 1 fully saturated rings. The number of nitrogens with zero attached hydrogens (tertiary/aromatic N) is 4. The molecule has 1 aliphatic rings. The zero-order valence-corrected chi connectivity index (χ0v) is 13.5. The molecule has 1 aromatic carbocycles. The topological polar surface area (TPSA) is 54.1 Å². The van der Waals surface area contributed by atoms with Crippen molar-refractivity contribution in [3.63, 3.8) is 0 Å². The SMILES string of the molecule is CN(C)c1cccc(C2CCCN2CC(C#N)CCC#N)c1. The number of rotatable bonds is 6. The largest absolute Gasteiger partial charge is 0.378 e. The molecule has 1 aromatic rings. The van der Waals surface area contributed by atoms with Gasteiger partial charge in [-0.1, -0.05) is 12.1 Å². The van der Waals surface area contributed by atoms with Crippen LogP contribution in [-0.4, -0.2) is 32.1 Å². The van der Waals surface area contributed by atoms with Crippen molar-refractivity contribution in [3.8, 4) is 12.1 Å². The van der Waals surface area contributed by atoms with Crippen molar-refractivity contribution in [3.05, 3.63) is 29.8 Å². The highest BCUT2D eigenvalue weighted by atomic mass is 15.2. The van der Waals surface area contributed by atoms with Gasteiger partial charge >= 0.3 is 0 Å². The predicted octanol–water partition coefficient (Wildman–Crippen LogP) is 3.33. The van der Waals surface area contributed by atoms with E-state index in [0.717, 1.165) is 19.5 Å². The molecule has 0 aliphatic carbocycles. The summed E-state index contributed by atoms with van der Waals surface area (Å²) in [7, 11) is 4.11. The summed E-state index contributed by atoms with van der Waals surface area (Å²) in [5.74, 6) is -0.0442. The second-order valence-corrected chi connectivity index (χ2v) is 6.17. The van der Waals surface area contributed by atoms with Crippen molar-refractivity contribution in [2.24, 2.45) is 5.92 Å². The fourth-order valence-electron chi connectivity index (χ4n) is 3.15. The number of benzene rings is 1. The van der Waals surface area contributed by atoms with Crippen molar-refractivity contribution in [1.29, 1.82) is 10.5 Å². The van der Waals surface area contributed by atoms with Crippen LogP contribution < -0.4 is 4.90 Å². The van der Waals surface area contributed by atoms with Crippen LogP contribution in [-0.2, 0) is 0 Å². The summed E-state index contributed by atoms with van der Waals surface area (Å²) in [5, 5.41) is 18.0. The Morgan fingerprint density at radius 1 is 1.36 bits per heavy atom. The molecule has 4 nitrogen and oxygen atoms in total. The molecular weight excluding hydrogens is 272 g/mol. The molecule has 116 valence electrons. The van der Waals surface area contributed by atoms with E-state index in [1.807, 2.05) is 0 Å². The Balaban J connectivity index is 2.09. The normalized spacial score (nSPS) is 19.4. The lowest BCUT2D eigenvalue weighted by Crippen LogP contribution is -2.29. The van der Waals surface area contributed by atoms with E-state index in [1.165, 1.54) is 17.7 Å². The molecule has 22 heavy (non-hydrogen) atoms. The van der Waals surface area contributed by atoms with E-state index in [2.05, 4.69) is 60.3 Å².